The molecule has 0 atom stereocenters. The topological polar surface area (TPSA) is 91.1 Å². The van der Waals surface area contributed by atoms with Gasteiger partial charge < -0.3 is 24.8 Å². The number of benzene rings is 3. The smallest absolute Gasteiger partial charge is 0.289 e. The molecule has 0 aromatic heterocycles. The highest BCUT2D eigenvalue weighted by atomic mass is 19.1. The van der Waals surface area contributed by atoms with Crippen LogP contribution in [0.5, 0.6) is 23.0 Å². The van der Waals surface area contributed by atoms with Crippen molar-refractivity contribution in [3.63, 3.8) is 0 Å². The first kappa shape index (κ1) is 31.3. The van der Waals surface area contributed by atoms with E-state index in [0.29, 0.717) is 11.5 Å². The first-order valence-corrected chi connectivity index (χ1v) is 13.2. The number of Topliss-reactive ketones (excluding diaryl/α,β-unsaturated/α-hetero) is 1. The van der Waals surface area contributed by atoms with Crippen molar-refractivity contribution in [1.82, 2.24) is 4.90 Å². The summed E-state index contributed by atoms with van der Waals surface area (Å²) >= 11 is 0. The SMILES string of the molecule is CC.COc1ccc(CCCN2CCCC2)cc1OC.NC(=O)C(=O)c1cccc(Oc2ccc(F)cc2)c1. The van der Waals surface area contributed by atoms with Gasteiger partial charge in [-0.25, -0.2) is 4.39 Å². The molecule has 1 saturated heterocycles. The van der Waals surface area contributed by atoms with Crippen LogP contribution in [0.15, 0.2) is 66.7 Å². The number of halogens is 1. The number of nitrogens with two attached hydrogens (primary N) is 1. The molecule has 2 N–H and O–H groups in total. The van der Waals surface area contributed by atoms with Crippen molar-refractivity contribution >= 4 is 11.7 Å². The minimum atomic E-state index is -1.03. The Morgan fingerprint density at radius 3 is 2.15 bits per heavy atom. The molecule has 1 aliphatic heterocycles. The molecule has 0 bridgehead atoms. The molecule has 8 heteroatoms. The van der Waals surface area contributed by atoms with Crippen molar-refractivity contribution < 1.29 is 28.2 Å². The summed E-state index contributed by atoms with van der Waals surface area (Å²) < 4.78 is 28.7. The van der Waals surface area contributed by atoms with Crippen molar-refractivity contribution in [2.24, 2.45) is 5.73 Å². The van der Waals surface area contributed by atoms with Crippen LogP contribution in [0.1, 0.15) is 49.0 Å². The Labute approximate surface area is 230 Å². The van der Waals surface area contributed by atoms with Gasteiger partial charge in [0.1, 0.15) is 17.3 Å². The van der Waals surface area contributed by atoms with E-state index < -0.39 is 11.7 Å². The number of hydrogen-bond acceptors (Lipinski definition) is 6. The molecular weight excluding hydrogens is 499 g/mol. The summed E-state index contributed by atoms with van der Waals surface area (Å²) in [6.45, 7) is 7.78. The maximum atomic E-state index is 12.7. The first-order valence-electron chi connectivity index (χ1n) is 13.2. The van der Waals surface area contributed by atoms with Gasteiger partial charge in [-0.2, -0.15) is 0 Å². The van der Waals surface area contributed by atoms with E-state index in [1.54, 1.807) is 26.4 Å². The van der Waals surface area contributed by atoms with Crippen molar-refractivity contribution in [1.29, 1.82) is 0 Å². The summed E-state index contributed by atoms with van der Waals surface area (Å²) in [5.41, 5.74) is 6.39. The van der Waals surface area contributed by atoms with E-state index in [0.717, 1.165) is 17.9 Å². The third-order valence-corrected chi connectivity index (χ3v) is 5.96. The second-order valence-corrected chi connectivity index (χ2v) is 8.62. The molecule has 39 heavy (non-hydrogen) atoms. The molecule has 1 heterocycles. The fourth-order valence-electron chi connectivity index (χ4n) is 4.03. The summed E-state index contributed by atoms with van der Waals surface area (Å²) in [6, 6.07) is 17.7. The molecule has 0 saturated carbocycles. The Bertz CT molecular complexity index is 1180. The highest BCUT2D eigenvalue weighted by Gasteiger charge is 2.13. The summed E-state index contributed by atoms with van der Waals surface area (Å²) in [4.78, 5) is 24.8. The zero-order valence-electron chi connectivity index (χ0n) is 23.2. The lowest BCUT2D eigenvalue weighted by molar-refractivity contribution is -0.114. The second kappa shape index (κ2) is 16.8. The van der Waals surface area contributed by atoms with Gasteiger partial charge in [0.2, 0.25) is 5.78 Å². The van der Waals surface area contributed by atoms with Gasteiger partial charge in [0, 0.05) is 5.56 Å². The lowest BCUT2D eigenvalue weighted by atomic mass is 10.1. The predicted octanol–water partition coefficient (Wildman–Crippen LogP) is 6.04. The van der Waals surface area contributed by atoms with Crippen LogP contribution in [0.25, 0.3) is 0 Å². The standard InChI is InChI=1S/C15H23NO2.C14H10FNO3.C2H6/c1-17-14-8-7-13(12-15(14)18-2)6-5-11-16-9-3-4-10-16;15-10-4-6-11(7-5-10)19-12-3-1-2-9(8-12)13(17)14(16)18;1-2/h7-8,12H,3-6,9-11H2,1-2H3;1-8H,(H2,16,18);1-2H3. The molecule has 7 nitrogen and oxygen atoms in total. The quantitative estimate of drug-likeness (QED) is 0.250. The van der Waals surface area contributed by atoms with Gasteiger partial charge in [0.25, 0.3) is 5.91 Å². The number of amides is 1. The predicted molar refractivity (Wildman–Crippen MR) is 151 cm³/mol. The summed E-state index contributed by atoms with van der Waals surface area (Å²) in [7, 11) is 3.36. The van der Waals surface area contributed by atoms with Gasteiger partial charge in [0.15, 0.2) is 11.5 Å². The van der Waals surface area contributed by atoms with E-state index >= 15 is 0 Å². The van der Waals surface area contributed by atoms with Crippen LogP contribution in [-0.4, -0.2) is 50.4 Å². The first-order chi connectivity index (χ1) is 18.9. The number of ether oxygens (including phenoxy) is 3. The zero-order valence-corrected chi connectivity index (χ0v) is 23.2. The van der Waals surface area contributed by atoms with Gasteiger partial charge in [-0.15, -0.1) is 0 Å². The van der Waals surface area contributed by atoms with E-state index in [1.807, 2.05) is 19.9 Å². The summed E-state index contributed by atoms with van der Waals surface area (Å²) in [6.07, 6.45) is 5.07. The van der Waals surface area contributed by atoms with Crippen molar-refractivity contribution in [3.05, 3.63) is 83.7 Å². The fourth-order valence-corrected chi connectivity index (χ4v) is 4.03. The van der Waals surface area contributed by atoms with Gasteiger partial charge >= 0.3 is 0 Å². The molecule has 0 radical (unpaired) electrons. The van der Waals surface area contributed by atoms with Crippen LogP contribution in [0.3, 0.4) is 0 Å². The number of nitrogens with zero attached hydrogens (tertiary/aromatic N) is 1. The molecule has 4 rings (SSSR count). The maximum Gasteiger partial charge on any atom is 0.289 e. The van der Waals surface area contributed by atoms with E-state index in [-0.39, 0.29) is 11.4 Å². The average molecular weight is 539 g/mol. The summed E-state index contributed by atoms with van der Waals surface area (Å²) in [5.74, 6) is 0.231. The van der Waals surface area contributed by atoms with Crippen LogP contribution >= 0.6 is 0 Å². The Morgan fingerprint density at radius 2 is 1.54 bits per heavy atom. The number of methoxy groups -OCH3 is 2. The number of carbonyl (C=O) groups excluding carboxylic acids is 2. The van der Waals surface area contributed by atoms with Crippen LogP contribution in [0.4, 0.5) is 4.39 Å². The molecule has 3 aromatic carbocycles. The number of hydrogen-bond donors (Lipinski definition) is 1. The Kier molecular flexibility index (Phi) is 13.5. The van der Waals surface area contributed by atoms with Gasteiger partial charge in [-0.1, -0.05) is 32.0 Å². The molecule has 1 fully saturated rings. The minimum absolute atomic E-state index is 0.145. The van der Waals surface area contributed by atoms with E-state index in [4.69, 9.17) is 19.9 Å². The Hall–Kier alpha value is -3.91. The van der Waals surface area contributed by atoms with Gasteiger partial charge in [-0.05, 0) is 99.4 Å². The van der Waals surface area contributed by atoms with Gasteiger partial charge in [-0.3, -0.25) is 9.59 Å². The monoisotopic (exact) mass is 538 g/mol. The molecule has 210 valence electrons. The molecule has 3 aromatic rings. The molecule has 0 spiro atoms. The number of rotatable bonds is 10. The number of primary amides is 1. The average Bonchev–Trinajstić information content (AvgIpc) is 3.49. The van der Waals surface area contributed by atoms with E-state index in [2.05, 4.69) is 17.0 Å². The fraction of sp³-hybridized carbons (Fsp3) is 0.355. The van der Waals surface area contributed by atoms with E-state index in [1.165, 1.54) is 80.9 Å². The van der Waals surface area contributed by atoms with Crippen molar-refractivity contribution in [2.45, 2.75) is 39.5 Å². The molecular formula is C31H39FN2O5. The highest BCUT2D eigenvalue weighted by Crippen LogP contribution is 2.28. The lowest BCUT2D eigenvalue weighted by Gasteiger charge is -2.14. The number of aryl methyl sites for hydroxylation is 1. The highest BCUT2D eigenvalue weighted by molar-refractivity contribution is 6.42. The Morgan fingerprint density at radius 1 is 0.872 bits per heavy atom. The lowest BCUT2D eigenvalue weighted by Crippen LogP contribution is -2.22. The van der Waals surface area contributed by atoms with Crippen LogP contribution < -0.4 is 19.9 Å². The summed E-state index contributed by atoms with van der Waals surface area (Å²) in [5, 5.41) is 0. The van der Waals surface area contributed by atoms with Crippen LogP contribution in [0.2, 0.25) is 0 Å². The molecule has 1 amide bonds. The van der Waals surface area contributed by atoms with Crippen LogP contribution in [-0.2, 0) is 11.2 Å². The number of likely N-dealkylation sites (tertiary alicyclic amines) is 1. The zero-order chi connectivity index (χ0) is 28.6. The Balaban J connectivity index is 0.000000258. The van der Waals surface area contributed by atoms with Crippen LogP contribution in [0, 0.1) is 5.82 Å². The number of ketones is 1. The van der Waals surface area contributed by atoms with Crippen molar-refractivity contribution in [2.75, 3.05) is 33.9 Å². The largest absolute Gasteiger partial charge is 0.493 e. The third kappa shape index (κ3) is 10.4. The number of carbonyl (C=O) groups is 2. The second-order valence-electron chi connectivity index (χ2n) is 8.62. The molecule has 1 aliphatic rings. The normalized spacial score (nSPS) is 12.3. The third-order valence-electron chi connectivity index (χ3n) is 5.96. The van der Waals surface area contributed by atoms with E-state index in [9.17, 15) is 14.0 Å². The minimum Gasteiger partial charge on any atom is -0.493 e. The molecule has 0 unspecified atom stereocenters. The maximum absolute atomic E-state index is 12.7. The van der Waals surface area contributed by atoms with Gasteiger partial charge in [0.05, 0.1) is 14.2 Å². The molecule has 0 aliphatic carbocycles. The van der Waals surface area contributed by atoms with Crippen molar-refractivity contribution in [3.8, 4) is 23.0 Å².